The minimum Gasteiger partial charge on any atom is -0.332 e. The van der Waals surface area contributed by atoms with Crippen LogP contribution in [0.3, 0.4) is 0 Å². The average molecular weight is 711 g/mol. The van der Waals surface area contributed by atoms with Crippen LogP contribution >= 0.6 is 0 Å². The number of allylic oxidation sites excluding steroid dienone is 5. The van der Waals surface area contributed by atoms with Gasteiger partial charge in [-0.15, -0.1) is 0 Å². The largest absolute Gasteiger partial charge is 0.332 e. The third-order valence-corrected chi connectivity index (χ3v) is 12.4. The van der Waals surface area contributed by atoms with E-state index in [0.717, 1.165) is 12.8 Å². The smallest absolute Gasteiger partial charge is 0.0643 e. The number of anilines is 1. The first-order valence-electron chi connectivity index (χ1n) is 19.8. The number of hydrogen-bond acceptors (Lipinski definition) is 1. The minimum absolute atomic E-state index is 0.0541. The second-order valence-corrected chi connectivity index (χ2v) is 16.5. The summed E-state index contributed by atoms with van der Waals surface area (Å²) in [5.41, 5.74) is 16.4. The molecule has 0 bridgehead atoms. The molecular formula is C53H46N2. The molecule has 2 atom stereocenters. The average Bonchev–Trinajstić information content (AvgIpc) is 3.66. The van der Waals surface area contributed by atoms with Gasteiger partial charge >= 0.3 is 0 Å². The zero-order valence-electron chi connectivity index (χ0n) is 32.1. The Bertz CT molecular complexity index is 2750. The molecule has 1 aromatic heterocycles. The maximum absolute atomic E-state index is 2.60. The van der Waals surface area contributed by atoms with Crippen molar-refractivity contribution in [3.63, 3.8) is 0 Å². The molecule has 2 heteroatoms. The molecule has 0 fully saturated rings. The van der Waals surface area contributed by atoms with Crippen molar-refractivity contribution < 1.29 is 0 Å². The maximum Gasteiger partial charge on any atom is 0.0643 e. The van der Waals surface area contributed by atoms with Gasteiger partial charge in [-0.2, -0.15) is 0 Å². The van der Waals surface area contributed by atoms with Crippen LogP contribution < -0.4 is 4.90 Å². The van der Waals surface area contributed by atoms with E-state index >= 15 is 0 Å². The van der Waals surface area contributed by atoms with Gasteiger partial charge in [-0.3, -0.25) is 0 Å². The Hall–Kier alpha value is -6.12. The quantitative estimate of drug-likeness (QED) is 0.167. The summed E-state index contributed by atoms with van der Waals surface area (Å²) in [4.78, 5) is 2.60. The SMILES string of the molecule is CC1C=C(N(c2ccc3c(c2)C(C)(C)c2ccccc2-3)C2(C)C=CC(c3ccc4c(c3)c3ccccc3n4-c3ccc(-c4ccccc4)cc3)=CC2)C=CC1. The topological polar surface area (TPSA) is 8.17 Å². The van der Waals surface area contributed by atoms with E-state index in [9.17, 15) is 0 Å². The first-order chi connectivity index (χ1) is 26.8. The number of hydrogen-bond donors (Lipinski definition) is 0. The van der Waals surface area contributed by atoms with Gasteiger partial charge in [0.25, 0.3) is 0 Å². The van der Waals surface area contributed by atoms with Crippen LogP contribution in [-0.4, -0.2) is 10.1 Å². The van der Waals surface area contributed by atoms with Crippen molar-refractivity contribution in [1.29, 1.82) is 0 Å². The highest BCUT2D eigenvalue weighted by Gasteiger charge is 2.38. The summed E-state index contributed by atoms with van der Waals surface area (Å²) in [6.07, 6.45) is 16.4. The zero-order valence-corrected chi connectivity index (χ0v) is 32.1. The van der Waals surface area contributed by atoms with Crippen LogP contribution in [0.2, 0.25) is 0 Å². The molecule has 0 aliphatic heterocycles. The highest BCUT2D eigenvalue weighted by atomic mass is 15.2. The standard InChI is InChI=1S/C53H46N2/c1-36-13-12-16-42(33-36)55(43-26-27-45-44-17-8-10-19-48(44)52(2,3)49(45)35-43)53(4)31-29-39(30-32-53)40-23-28-51-47(34-40)46-18-9-11-20-50(46)54(51)41-24-21-38(22-25-41)37-14-6-5-7-15-37/h5-12,14-31,33-36H,13,32H2,1-4H3. The molecule has 0 spiro atoms. The van der Waals surface area contributed by atoms with Gasteiger partial charge in [-0.05, 0) is 119 Å². The summed E-state index contributed by atoms with van der Waals surface area (Å²) in [6.45, 7) is 9.48. The number of fused-ring (bicyclic) bond motifs is 6. The van der Waals surface area contributed by atoms with Gasteiger partial charge in [0.15, 0.2) is 0 Å². The van der Waals surface area contributed by atoms with Gasteiger partial charge in [0.05, 0.1) is 16.6 Å². The van der Waals surface area contributed by atoms with Gasteiger partial charge in [-0.1, -0.05) is 148 Å². The number of para-hydroxylation sites is 1. The van der Waals surface area contributed by atoms with Crippen LogP contribution in [0.25, 0.3) is 55.3 Å². The third-order valence-electron chi connectivity index (χ3n) is 12.4. The fourth-order valence-corrected chi connectivity index (χ4v) is 9.50. The van der Waals surface area contributed by atoms with Gasteiger partial charge in [0.1, 0.15) is 0 Å². The second kappa shape index (κ2) is 12.7. The number of benzene rings is 6. The van der Waals surface area contributed by atoms with Crippen molar-refractivity contribution in [2.45, 2.75) is 51.5 Å². The predicted molar refractivity (Wildman–Crippen MR) is 234 cm³/mol. The van der Waals surface area contributed by atoms with E-state index in [0.29, 0.717) is 5.92 Å². The van der Waals surface area contributed by atoms with Crippen molar-refractivity contribution in [3.8, 4) is 27.9 Å². The highest BCUT2D eigenvalue weighted by Crippen LogP contribution is 2.51. The van der Waals surface area contributed by atoms with Crippen LogP contribution in [0.4, 0.5) is 5.69 Å². The van der Waals surface area contributed by atoms with Crippen molar-refractivity contribution in [2.24, 2.45) is 5.92 Å². The second-order valence-electron chi connectivity index (χ2n) is 16.5. The van der Waals surface area contributed by atoms with E-state index in [1.807, 2.05) is 0 Å². The fourth-order valence-electron chi connectivity index (χ4n) is 9.50. The molecule has 55 heavy (non-hydrogen) atoms. The molecule has 0 N–H and O–H groups in total. The van der Waals surface area contributed by atoms with Crippen LogP contribution in [0.5, 0.6) is 0 Å². The molecule has 268 valence electrons. The van der Waals surface area contributed by atoms with Gasteiger partial charge in [0, 0.05) is 33.3 Å². The molecule has 0 saturated heterocycles. The first kappa shape index (κ1) is 33.4. The Morgan fingerprint density at radius 2 is 1.33 bits per heavy atom. The summed E-state index contributed by atoms with van der Waals surface area (Å²) >= 11 is 0. The van der Waals surface area contributed by atoms with E-state index in [1.54, 1.807) is 0 Å². The number of rotatable bonds is 6. The Labute approximate surface area is 325 Å². The van der Waals surface area contributed by atoms with E-state index < -0.39 is 0 Å². The fraction of sp³-hybridized carbons (Fsp3) is 0.170. The maximum atomic E-state index is 2.60. The van der Waals surface area contributed by atoms with Gasteiger partial charge in [0.2, 0.25) is 0 Å². The molecule has 7 aromatic rings. The molecule has 10 rings (SSSR count). The van der Waals surface area contributed by atoms with Crippen molar-refractivity contribution in [1.82, 2.24) is 4.57 Å². The lowest BCUT2D eigenvalue weighted by atomic mass is 9.81. The Kier molecular flexibility index (Phi) is 7.75. The summed E-state index contributed by atoms with van der Waals surface area (Å²) in [6, 6.07) is 51.5. The van der Waals surface area contributed by atoms with Crippen LogP contribution in [0, 0.1) is 5.92 Å². The minimum atomic E-state index is -0.243. The van der Waals surface area contributed by atoms with Crippen LogP contribution in [-0.2, 0) is 5.41 Å². The van der Waals surface area contributed by atoms with Crippen molar-refractivity contribution in [3.05, 3.63) is 198 Å². The molecule has 0 radical (unpaired) electrons. The monoisotopic (exact) mass is 710 g/mol. The summed E-state index contributed by atoms with van der Waals surface area (Å²) in [7, 11) is 0. The predicted octanol–water partition coefficient (Wildman–Crippen LogP) is 13.8. The Morgan fingerprint density at radius 1 is 0.618 bits per heavy atom. The van der Waals surface area contributed by atoms with E-state index in [2.05, 4.69) is 213 Å². The van der Waals surface area contributed by atoms with Gasteiger partial charge < -0.3 is 9.47 Å². The lowest BCUT2D eigenvalue weighted by Gasteiger charge is -2.44. The van der Waals surface area contributed by atoms with E-state index in [-0.39, 0.29) is 11.0 Å². The molecule has 0 saturated carbocycles. The first-order valence-corrected chi connectivity index (χ1v) is 19.8. The lowest BCUT2D eigenvalue weighted by molar-refractivity contribution is 0.550. The summed E-state index contributed by atoms with van der Waals surface area (Å²) in [5.74, 6) is 0.496. The molecule has 2 nitrogen and oxygen atoms in total. The van der Waals surface area contributed by atoms with Crippen LogP contribution in [0.1, 0.15) is 57.2 Å². The zero-order chi connectivity index (χ0) is 37.3. The molecule has 3 aliphatic rings. The third kappa shape index (κ3) is 5.46. The highest BCUT2D eigenvalue weighted by molar-refractivity contribution is 6.10. The molecule has 0 amide bonds. The van der Waals surface area contributed by atoms with Crippen molar-refractivity contribution >= 4 is 33.1 Å². The van der Waals surface area contributed by atoms with Crippen molar-refractivity contribution in [2.75, 3.05) is 4.90 Å². The molecule has 2 unspecified atom stereocenters. The molecule has 1 heterocycles. The van der Waals surface area contributed by atoms with Gasteiger partial charge in [-0.25, -0.2) is 0 Å². The molecular weight excluding hydrogens is 665 g/mol. The summed E-state index contributed by atoms with van der Waals surface area (Å²) in [5, 5.41) is 2.55. The molecule has 6 aromatic carbocycles. The van der Waals surface area contributed by atoms with E-state index in [4.69, 9.17) is 0 Å². The Balaban J connectivity index is 1.01. The van der Waals surface area contributed by atoms with Crippen LogP contribution in [0.15, 0.2) is 182 Å². The normalized spacial score (nSPS) is 19.6. The number of nitrogens with zero attached hydrogens (tertiary/aromatic N) is 2. The van der Waals surface area contributed by atoms with E-state index in [1.165, 1.54) is 83.4 Å². The Morgan fingerprint density at radius 3 is 2.13 bits per heavy atom. The number of aromatic nitrogens is 1. The summed E-state index contributed by atoms with van der Waals surface area (Å²) < 4.78 is 2.41. The lowest BCUT2D eigenvalue weighted by Crippen LogP contribution is -2.45. The molecule has 3 aliphatic carbocycles.